The molecule has 0 aliphatic carbocycles. The Balaban J connectivity index is 2.11. The van der Waals surface area contributed by atoms with E-state index in [2.05, 4.69) is 11.9 Å². The molecule has 0 bridgehead atoms. The van der Waals surface area contributed by atoms with Crippen LogP contribution in [-0.2, 0) is 13.0 Å². The lowest BCUT2D eigenvalue weighted by atomic mass is 10.2. The Kier molecular flexibility index (Phi) is 4.71. The van der Waals surface area contributed by atoms with Crippen molar-refractivity contribution in [1.82, 2.24) is 4.98 Å². The zero-order valence-electron chi connectivity index (χ0n) is 11.6. The van der Waals surface area contributed by atoms with Crippen molar-refractivity contribution in [1.29, 1.82) is 0 Å². The summed E-state index contributed by atoms with van der Waals surface area (Å²) in [5.74, 6) is 1.16. The van der Waals surface area contributed by atoms with Gasteiger partial charge in [-0.2, -0.15) is 0 Å². The predicted molar refractivity (Wildman–Crippen MR) is 76.3 cm³/mol. The standard InChI is InChI=1S/C16H17NO3/c1-3-13-5-4-6-14(17-13)11-20-16-8-7-15(19-2)9-12(16)10-18/h4-10H,3,11H2,1-2H3. The molecule has 0 saturated carbocycles. The number of aldehydes is 1. The fourth-order valence-corrected chi connectivity index (χ4v) is 1.84. The Bertz CT molecular complexity index is 596. The quantitative estimate of drug-likeness (QED) is 0.758. The van der Waals surface area contributed by atoms with Crippen LogP contribution in [0.1, 0.15) is 28.7 Å². The first-order chi connectivity index (χ1) is 9.76. The van der Waals surface area contributed by atoms with Gasteiger partial charge in [-0.25, -0.2) is 0 Å². The molecule has 104 valence electrons. The number of hydrogen-bond donors (Lipinski definition) is 0. The molecule has 0 N–H and O–H groups in total. The number of benzene rings is 1. The summed E-state index contributed by atoms with van der Waals surface area (Å²) in [5, 5.41) is 0. The van der Waals surface area contributed by atoms with Crippen molar-refractivity contribution in [2.75, 3.05) is 7.11 Å². The van der Waals surface area contributed by atoms with Crippen molar-refractivity contribution in [3.05, 3.63) is 53.3 Å². The molecule has 20 heavy (non-hydrogen) atoms. The zero-order chi connectivity index (χ0) is 14.4. The first kappa shape index (κ1) is 14.1. The lowest BCUT2D eigenvalue weighted by molar-refractivity contribution is 0.111. The van der Waals surface area contributed by atoms with E-state index in [4.69, 9.17) is 9.47 Å². The number of aryl methyl sites for hydroxylation is 1. The molecule has 0 saturated heterocycles. The van der Waals surface area contributed by atoms with Crippen LogP contribution in [0.5, 0.6) is 11.5 Å². The van der Waals surface area contributed by atoms with E-state index in [0.29, 0.717) is 23.7 Å². The molecule has 0 atom stereocenters. The highest BCUT2D eigenvalue weighted by Gasteiger charge is 2.06. The van der Waals surface area contributed by atoms with Gasteiger partial charge in [-0.05, 0) is 36.8 Å². The molecule has 0 fully saturated rings. The molecular weight excluding hydrogens is 254 g/mol. The van der Waals surface area contributed by atoms with Gasteiger partial charge < -0.3 is 9.47 Å². The SMILES string of the molecule is CCc1cccc(COc2ccc(OC)cc2C=O)n1. The van der Waals surface area contributed by atoms with Crippen LogP contribution in [0.25, 0.3) is 0 Å². The largest absolute Gasteiger partial charge is 0.497 e. The summed E-state index contributed by atoms with van der Waals surface area (Å²) in [4.78, 5) is 15.5. The molecule has 0 aliphatic heterocycles. The second-order valence-corrected chi connectivity index (χ2v) is 4.28. The van der Waals surface area contributed by atoms with E-state index < -0.39 is 0 Å². The van der Waals surface area contributed by atoms with Gasteiger partial charge in [0.05, 0.1) is 18.4 Å². The van der Waals surface area contributed by atoms with E-state index in [9.17, 15) is 4.79 Å². The number of ether oxygens (including phenoxy) is 2. The summed E-state index contributed by atoms with van der Waals surface area (Å²) < 4.78 is 10.7. The summed E-state index contributed by atoms with van der Waals surface area (Å²) in [7, 11) is 1.56. The van der Waals surface area contributed by atoms with Gasteiger partial charge in [0.2, 0.25) is 0 Å². The monoisotopic (exact) mass is 271 g/mol. The van der Waals surface area contributed by atoms with Crippen LogP contribution >= 0.6 is 0 Å². The Morgan fingerprint density at radius 3 is 2.70 bits per heavy atom. The molecule has 0 unspecified atom stereocenters. The normalized spacial score (nSPS) is 10.1. The molecule has 4 nitrogen and oxygen atoms in total. The molecule has 0 radical (unpaired) electrons. The van der Waals surface area contributed by atoms with Crippen molar-refractivity contribution < 1.29 is 14.3 Å². The van der Waals surface area contributed by atoms with Gasteiger partial charge in [-0.3, -0.25) is 9.78 Å². The number of methoxy groups -OCH3 is 1. The Hall–Kier alpha value is -2.36. The number of rotatable bonds is 6. The minimum absolute atomic E-state index is 0.334. The zero-order valence-corrected chi connectivity index (χ0v) is 11.6. The summed E-state index contributed by atoms with van der Waals surface area (Å²) in [5.41, 5.74) is 2.34. The van der Waals surface area contributed by atoms with Gasteiger partial charge in [0, 0.05) is 5.69 Å². The molecule has 1 aromatic heterocycles. The number of aromatic nitrogens is 1. The van der Waals surface area contributed by atoms with Crippen LogP contribution in [0.2, 0.25) is 0 Å². The molecule has 1 heterocycles. The molecule has 2 rings (SSSR count). The fraction of sp³-hybridized carbons (Fsp3) is 0.250. The second-order valence-electron chi connectivity index (χ2n) is 4.28. The average molecular weight is 271 g/mol. The van der Waals surface area contributed by atoms with Crippen molar-refractivity contribution >= 4 is 6.29 Å². The van der Waals surface area contributed by atoms with Gasteiger partial charge >= 0.3 is 0 Å². The molecule has 0 aliphatic rings. The van der Waals surface area contributed by atoms with E-state index in [1.54, 1.807) is 25.3 Å². The van der Waals surface area contributed by atoms with E-state index in [1.807, 2.05) is 18.2 Å². The van der Waals surface area contributed by atoms with Crippen LogP contribution in [0.15, 0.2) is 36.4 Å². The van der Waals surface area contributed by atoms with Gasteiger partial charge in [0.15, 0.2) is 6.29 Å². The van der Waals surface area contributed by atoms with Crippen LogP contribution in [0, 0.1) is 0 Å². The van der Waals surface area contributed by atoms with Crippen LogP contribution in [0.4, 0.5) is 0 Å². The molecule has 2 aromatic rings. The fourth-order valence-electron chi connectivity index (χ4n) is 1.84. The molecular formula is C16H17NO3. The Morgan fingerprint density at radius 2 is 2.00 bits per heavy atom. The first-order valence-electron chi connectivity index (χ1n) is 6.47. The highest BCUT2D eigenvalue weighted by atomic mass is 16.5. The Labute approximate surface area is 118 Å². The average Bonchev–Trinajstić information content (AvgIpc) is 2.52. The van der Waals surface area contributed by atoms with Gasteiger partial charge in [0.1, 0.15) is 18.1 Å². The second kappa shape index (κ2) is 6.70. The highest BCUT2D eigenvalue weighted by molar-refractivity contribution is 5.80. The van der Waals surface area contributed by atoms with Crippen molar-refractivity contribution in [3.8, 4) is 11.5 Å². The van der Waals surface area contributed by atoms with E-state index >= 15 is 0 Å². The number of carbonyl (C=O) groups excluding carboxylic acids is 1. The Morgan fingerprint density at radius 1 is 1.20 bits per heavy atom. The van der Waals surface area contributed by atoms with Crippen LogP contribution in [0.3, 0.4) is 0 Å². The third-order valence-electron chi connectivity index (χ3n) is 2.95. The number of carbonyl (C=O) groups is 1. The maximum atomic E-state index is 11.1. The number of hydrogen-bond acceptors (Lipinski definition) is 4. The predicted octanol–water partition coefficient (Wildman–Crippen LogP) is 3.04. The van der Waals surface area contributed by atoms with Crippen molar-refractivity contribution in [2.45, 2.75) is 20.0 Å². The van der Waals surface area contributed by atoms with E-state index in [0.717, 1.165) is 24.1 Å². The summed E-state index contributed by atoms with van der Waals surface area (Å²) in [6.45, 7) is 2.39. The third kappa shape index (κ3) is 3.35. The maximum absolute atomic E-state index is 11.1. The summed E-state index contributed by atoms with van der Waals surface area (Å²) in [6, 6.07) is 11.0. The summed E-state index contributed by atoms with van der Waals surface area (Å²) in [6.07, 6.45) is 1.64. The van der Waals surface area contributed by atoms with Crippen molar-refractivity contribution in [2.24, 2.45) is 0 Å². The maximum Gasteiger partial charge on any atom is 0.153 e. The van der Waals surface area contributed by atoms with Crippen LogP contribution < -0.4 is 9.47 Å². The number of pyridine rings is 1. The highest BCUT2D eigenvalue weighted by Crippen LogP contribution is 2.23. The first-order valence-corrected chi connectivity index (χ1v) is 6.47. The molecule has 4 heteroatoms. The topological polar surface area (TPSA) is 48.4 Å². The minimum Gasteiger partial charge on any atom is -0.497 e. The van der Waals surface area contributed by atoms with Crippen LogP contribution in [-0.4, -0.2) is 18.4 Å². The van der Waals surface area contributed by atoms with Gasteiger partial charge in [-0.15, -0.1) is 0 Å². The lowest BCUT2D eigenvalue weighted by Gasteiger charge is -2.10. The van der Waals surface area contributed by atoms with Gasteiger partial charge in [-0.1, -0.05) is 13.0 Å². The third-order valence-corrected chi connectivity index (χ3v) is 2.95. The van der Waals surface area contributed by atoms with E-state index in [-0.39, 0.29) is 0 Å². The molecule has 0 amide bonds. The summed E-state index contributed by atoms with van der Waals surface area (Å²) >= 11 is 0. The molecule has 0 spiro atoms. The molecule has 1 aromatic carbocycles. The van der Waals surface area contributed by atoms with E-state index in [1.165, 1.54) is 0 Å². The minimum atomic E-state index is 0.334. The smallest absolute Gasteiger partial charge is 0.153 e. The van der Waals surface area contributed by atoms with Gasteiger partial charge in [0.25, 0.3) is 0 Å². The number of nitrogens with zero attached hydrogens (tertiary/aromatic N) is 1. The van der Waals surface area contributed by atoms with Crippen molar-refractivity contribution in [3.63, 3.8) is 0 Å². The lowest BCUT2D eigenvalue weighted by Crippen LogP contribution is -2.02.